The Hall–Kier alpha value is -3.27. The first-order chi connectivity index (χ1) is 13.6. The van der Waals surface area contributed by atoms with Crippen molar-refractivity contribution in [3.63, 3.8) is 0 Å². The molecule has 0 saturated heterocycles. The normalized spacial score (nSPS) is 12.7. The van der Waals surface area contributed by atoms with E-state index in [4.69, 9.17) is 9.47 Å². The minimum absolute atomic E-state index is 0.181. The van der Waals surface area contributed by atoms with Gasteiger partial charge in [-0.2, -0.15) is 0 Å². The van der Waals surface area contributed by atoms with Crippen LogP contribution in [0.5, 0.6) is 11.5 Å². The second kappa shape index (κ2) is 9.09. The third-order valence-electron chi connectivity index (χ3n) is 4.64. The fourth-order valence-electron chi connectivity index (χ4n) is 3.09. The molecular weight excluding hydrogens is 350 g/mol. The largest absolute Gasteiger partial charge is 0.497 e. The van der Waals surface area contributed by atoms with Gasteiger partial charge in [-0.1, -0.05) is 60.7 Å². The summed E-state index contributed by atoms with van der Waals surface area (Å²) in [7, 11) is 1.60. The van der Waals surface area contributed by atoms with E-state index in [1.54, 1.807) is 20.1 Å². The van der Waals surface area contributed by atoms with E-state index < -0.39 is 6.10 Å². The van der Waals surface area contributed by atoms with Gasteiger partial charge in [0.2, 0.25) is 0 Å². The molecule has 1 N–H and O–H groups in total. The predicted octanol–water partition coefficient (Wildman–Crippen LogP) is 4.68. The molecule has 0 unspecified atom stereocenters. The number of carbonyl (C=O) groups excluding carboxylic acids is 1. The highest BCUT2D eigenvalue weighted by Crippen LogP contribution is 2.25. The molecule has 2 atom stereocenters. The standard InChI is InChI=1S/C24H25NO3/c1-17-10-7-8-15-22(17)23(19-11-5-4-6-12-19)25-24(26)18(2)28-21-14-9-13-20(16-21)27-3/h4-16,18,23H,1-3H3,(H,25,26)/t18-,23+/m0/s1. The van der Waals surface area contributed by atoms with Crippen LogP contribution in [0.25, 0.3) is 0 Å². The van der Waals surface area contributed by atoms with Crippen LogP contribution in [0.15, 0.2) is 78.9 Å². The molecule has 0 spiro atoms. The molecule has 4 heteroatoms. The Morgan fingerprint density at radius 1 is 0.893 bits per heavy atom. The summed E-state index contributed by atoms with van der Waals surface area (Å²) >= 11 is 0. The number of methoxy groups -OCH3 is 1. The van der Waals surface area contributed by atoms with Gasteiger partial charge in [0.25, 0.3) is 5.91 Å². The van der Waals surface area contributed by atoms with Gasteiger partial charge in [-0.25, -0.2) is 0 Å². The van der Waals surface area contributed by atoms with Crippen LogP contribution in [0.3, 0.4) is 0 Å². The second-order valence-corrected chi connectivity index (χ2v) is 6.65. The van der Waals surface area contributed by atoms with Crippen molar-refractivity contribution >= 4 is 5.91 Å². The lowest BCUT2D eigenvalue weighted by Gasteiger charge is -2.24. The molecule has 0 aliphatic carbocycles. The first-order valence-electron chi connectivity index (χ1n) is 9.30. The van der Waals surface area contributed by atoms with E-state index in [-0.39, 0.29) is 11.9 Å². The molecule has 144 valence electrons. The Kier molecular flexibility index (Phi) is 6.33. The minimum atomic E-state index is -0.651. The molecule has 0 radical (unpaired) electrons. The summed E-state index contributed by atoms with van der Waals surface area (Å²) in [5.74, 6) is 1.10. The summed E-state index contributed by atoms with van der Waals surface area (Å²) in [5, 5.41) is 3.14. The van der Waals surface area contributed by atoms with Gasteiger partial charge in [0.1, 0.15) is 11.5 Å². The molecule has 1 amide bonds. The lowest BCUT2D eigenvalue weighted by molar-refractivity contribution is -0.127. The van der Waals surface area contributed by atoms with Crippen LogP contribution in [0.1, 0.15) is 29.7 Å². The van der Waals surface area contributed by atoms with Crippen LogP contribution in [0.2, 0.25) is 0 Å². The maximum atomic E-state index is 12.9. The fourth-order valence-corrected chi connectivity index (χ4v) is 3.09. The third kappa shape index (κ3) is 4.71. The zero-order valence-electron chi connectivity index (χ0n) is 16.4. The van der Waals surface area contributed by atoms with Gasteiger partial charge < -0.3 is 14.8 Å². The van der Waals surface area contributed by atoms with Gasteiger partial charge >= 0.3 is 0 Å². The van der Waals surface area contributed by atoms with Crippen LogP contribution in [0.4, 0.5) is 0 Å². The van der Waals surface area contributed by atoms with E-state index in [1.807, 2.05) is 79.7 Å². The van der Waals surface area contributed by atoms with Crippen molar-refractivity contribution in [2.75, 3.05) is 7.11 Å². The number of aryl methyl sites for hydroxylation is 1. The van der Waals surface area contributed by atoms with Crippen LogP contribution >= 0.6 is 0 Å². The molecule has 3 aromatic carbocycles. The van der Waals surface area contributed by atoms with Crippen LogP contribution < -0.4 is 14.8 Å². The van der Waals surface area contributed by atoms with Crippen LogP contribution in [-0.4, -0.2) is 19.1 Å². The number of hydrogen-bond donors (Lipinski definition) is 1. The van der Waals surface area contributed by atoms with Gasteiger partial charge in [-0.15, -0.1) is 0 Å². The Labute approximate surface area is 166 Å². The Morgan fingerprint density at radius 3 is 2.29 bits per heavy atom. The third-order valence-corrected chi connectivity index (χ3v) is 4.64. The van der Waals surface area contributed by atoms with Gasteiger partial charge in [-0.05, 0) is 42.7 Å². The van der Waals surface area contributed by atoms with Gasteiger partial charge in [-0.3, -0.25) is 4.79 Å². The van der Waals surface area contributed by atoms with Gasteiger partial charge in [0.15, 0.2) is 6.10 Å². The molecule has 28 heavy (non-hydrogen) atoms. The lowest BCUT2D eigenvalue weighted by Crippen LogP contribution is -2.39. The Balaban J connectivity index is 1.80. The monoisotopic (exact) mass is 375 g/mol. The summed E-state index contributed by atoms with van der Waals surface area (Å²) in [6.45, 7) is 3.79. The van der Waals surface area contributed by atoms with Crippen molar-refractivity contribution in [3.8, 4) is 11.5 Å². The molecule has 3 aromatic rings. The molecule has 0 fully saturated rings. The van der Waals surface area contributed by atoms with E-state index >= 15 is 0 Å². The summed E-state index contributed by atoms with van der Waals surface area (Å²) in [6.07, 6.45) is -0.651. The number of rotatable bonds is 7. The number of ether oxygens (including phenoxy) is 2. The second-order valence-electron chi connectivity index (χ2n) is 6.65. The summed E-state index contributed by atoms with van der Waals surface area (Å²) in [4.78, 5) is 12.9. The van der Waals surface area contributed by atoms with E-state index in [0.717, 1.165) is 16.7 Å². The number of carbonyl (C=O) groups is 1. The summed E-state index contributed by atoms with van der Waals surface area (Å²) in [5.41, 5.74) is 3.22. The number of hydrogen-bond acceptors (Lipinski definition) is 3. The van der Waals surface area contributed by atoms with Crippen molar-refractivity contribution in [3.05, 3.63) is 95.6 Å². The predicted molar refractivity (Wildman–Crippen MR) is 111 cm³/mol. The molecule has 0 saturated carbocycles. The average Bonchev–Trinajstić information content (AvgIpc) is 2.73. The van der Waals surface area contributed by atoms with Crippen molar-refractivity contribution < 1.29 is 14.3 Å². The van der Waals surface area contributed by atoms with Crippen molar-refractivity contribution in [1.82, 2.24) is 5.32 Å². The zero-order valence-corrected chi connectivity index (χ0v) is 16.4. The molecule has 0 aliphatic heterocycles. The fraction of sp³-hybridized carbons (Fsp3) is 0.208. The van der Waals surface area contributed by atoms with Crippen molar-refractivity contribution in [1.29, 1.82) is 0 Å². The summed E-state index contributed by atoms with van der Waals surface area (Å²) in [6, 6.07) is 25.0. The molecule has 0 heterocycles. The average molecular weight is 375 g/mol. The highest BCUT2D eigenvalue weighted by atomic mass is 16.5. The van der Waals surface area contributed by atoms with E-state index in [1.165, 1.54) is 0 Å². The zero-order chi connectivity index (χ0) is 19.9. The first-order valence-corrected chi connectivity index (χ1v) is 9.30. The molecular formula is C24H25NO3. The molecule has 4 nitrogen and oxygen atoms in total. The van der Waals surface area contributed by atoms with E-state index in [9.17, 15) is 4.79 Å². The number of benzene rings is 3. The van der Waals surface area contributed by atoms with Gasteiger partial charge in [0, 0.05) is 6.07 Å². The first kappa shape index (κ1) is 19.5. The SMILES string of the molecule is COc1cccc(O[C@@H](C)C(=O)N[C@H](c2ccccc2)c2ccccc2C)c1. The van der Waals surface area contributed by atoms with E-state index in [0.29, 0.717) is 11.5 Å². The van der Waals surface area contributed by atoms with Crippen molar-refractivity contribution in [2.45, 2.75) is 26.0 Å². The maximum absolute atomic E-state index is 12.9. The van der Waals surface area contributed by atoms with E-state index in [2.05, 4.69) is 5.32 Å². The number of amides is 1. The smallest absolute Gasteiger partial charge is 0.261 e. The molecule has 3 rings (SSSR count). The number of nitrogens with one attached hydrogen (secondary N) is 1. The highest BCUT2D eigenvalue weighted by Gasteiger charge is 2.22. The molecule has 0 aliphatic rings. The highest BCUT2D eigenvalue weighted by molar-refractivity contribution is 5.81. The molecule has 0 aromatic heterocycles. The lowest BCUT2D eigenvalue weighted by atomic mass is 9.95. The molecule has 0 bridgehead atoms. The Bertz CT molecular complexity index is 924. The summed E-state index contributed by atoms with van der Waals surface area (Å²) < 4.78 is 11.0. The van der Waals surface area contributed by atoms with Crippen LogP contribution in [0, 0.1) is 6.92 Å². The Morgan fingerprint density at radius 2 is 1.57 bits per heavy atom. The quantitative estimate of drug-likeness (QED) is 0.652. The van der Waals surface area contributed by atoms with Crippen molar-refractivity contribution in [2.24, 2.45) is 0 Å². The van der Waals surface area contributed by atoms with Gasteiger partial charge in [0.05, 0.1) is 13.2 Å². The maximum Gasteiger partial charge on any atom is 0.261 e. The topological polar surface area (TPSA) is 47.6 Å². The van der Waals surface area contributed by atoms with Crippen LogP contribution in [-0.2, 0) is 4.79 Å². The minimum Gasteiger partial charge on any atom is -0.497 e.